The first-order chi connectivity index (χ1) is 12.5. The first kappa shape index (κ1) is 16.1. The Balaban J connectivity index is 1.70. The molecule has 0 amide bonds. The van der Waals surface area contributed by atoms with Crippen LogP contribution in [0.5, 0.6) is 0 Å². The van der Waals surface area contributed by atoms with E-state index in [4.69, 9.17) is 4.52 Å². The molecule has 4 aromatic heterocycles. The fraction of sp³-hybridized carbons (Fsp3) is 0.222. The van der Waals surface area contributed by atoms with E-state index < -0.39 is 0 Å². The van der Waals surface area contributed by atoms with E-state index in [-0.39, 0.29) is 18.0 Å². The maximum Gasteiger partial charge on any atom is 0.350 e. The van der Waals surface area contributed by atoms with Crippen LogP contribution in [0.25, 0.3) is 11.5 Å². The highest BCUT2D eigenvalue weighted by Gasteiger charge is 2.20. The number of Topliss-reactive ketones (excluding diaryl/α,β-unsaturated/α-hetero) is 1. The van der Waals surface area contributed by atoms with Crippen molar-refractivity contribution in [1.82, 2.24) is 23.9 Å². The highest BCUT2D eigenvalue weighted by molar-refractivity contribution is 5.97. The molecule has 0 radical (unpaired) electrons. The molecule has 0 fully saturated rings. The lowest BCUT2D eigenvalue weighted by atomic mass is 10.1. The predicted molar refractivity (Wildman–Crippen MR) is 93.8 cm³/mol. The fourth-order valence-electron chi connectivity index (χ4n) is 3.15. The summed E-state index contributed by atoms with van der Waals surface area (Å²) in [5.41, 5.74) is 2.31. The van der Waals surface area contributed by atoms with E-state index in [2.05, 4.69) is 10.3 Å². The number of hydrogen-bond donors (Lipinski definition) is 0. The van der Waals surface area contributed by atoms with Gasteiger partial charge in [0.2, 0.25) is 0 Å². The second-order valence-electron chi connectivity index (χ2n) is 6.21. The molecule has 132 valence electrons. The summed E-state index contributed by atoms with van der Waals surface area (Å²) in [5.74, 6) is 1.13. The Morgan fingerprint density at radius 3 is 2.69 bits per heavy atom. The number of rotatable bonds is 4. The third kappa shape index (κ3) is 2.46. The molecule has 8 nitrogen and oxygen atoms in total. The number of aryl methyl sites for hydroxylation is 2. The average Bonchev–Trinajstić information content (AvgIpc) is 3.25. The van der Waals surface area contributed by atoms with Crippen molar-refractivity contribution in [2.75, 3.05) is 0 Å². The van der Waals surface area contributed by atoms with Crippen molar-refractivity contribution in [1.29, 1.82) is 0 Å². The third-order valence-corrected chi connectivity index (χ3v) is 4.36. The Morgan fingerprint density at radius 2 is 2.00 bits per heavy atom. The van der Waals surface area contributed by atoms with Gasteiger partial charge in [0.25, 0.3) is 0 Å². The van der Waals surface area contributed by atoms with Gasteiger partial charge in [0, 0.05) is 29.2 Å². The average molecular weight is 351 g/mol. The maximum atomic E-state index is 12.8. The molecule has 4 rings (SSSR count). The molecule has 0 bridgehead atoms. The molecule has 0 aliphatic rings. The Labute approximate surface area is 148 Å². The molecule has 0 unspecified atom stereocenters. The standard InChI is InChI=1S/C18H17N5O3/c1-11-8-14(13(3)23(11)17-9-12(2)26-20-17)15(24)10-22-18(25)21-7-5-4-6-16(21)19-22/h4-9H,10H2,1-3H3. The first-order valence-electron chi connectivity index (χ1n) is 8.16. The SMILES string of the molecule is Cc1cc(-n2c(C)cc(C(=O)Cn3nc4ccccn4c3=O)c2C)no1. The van der Waals surface area contributed by atoms with Crippen LogP contribution in [0.2, 0.25) is 0 Å². The van der Waals surface area contributed by atoms with E-state index in [1.54, 1.807) is 36.5 Å². The topological polar surface area (TPSA) is 87.3 Å². The minimum absolute atomic E-state index is 0.122. The number of aromatic nitrogens is 5. The van der Waals surface area contributed by atoms with Crippen molar-refractivity contribution in [3.8, 4) is 5.82 Å². The summed E-state index contributed by atoms with van der Waals surface area (Å²) in [7, 11) is 0. The molecular formula is C18H17N5O3. The zero-order valence-corrected chi connectivity index (χ0v) is 14.6. The van der Waals surface area contributed by atoms with Crippen LogP contribution in [0.15, 0.2) is 45.8 Å². The van der Waals surface area contributed by atoms with Gasteiger partial charge in [-0.2, -0.15) is 0 Å². The number of pyridine rings is 1. The Kier molecular flexibility index (Phi) is 3.61. The van der Waals surface area contributed by atoms with E-state index in [9.17, 15) is 9.59 Å². The van der Waals surface area contributed by atoms with Crippen LogP contribution >= 0.6 is 0 Å². The molecule has 0 atom stereocenters. The van der Waals surface area contributed by atoms with Crippen LogP contribution in [0.1, 0.15) is 27.5 Å². The van der Waals surface area contributed by atoms with Crippen LogP contribution in [0.4, 0.5) is 0 Å². The Hall–Kier alpha value is -3.42. The lowest BCUT2D eigenvalue weighted by Crippen LogP contribution is -2.25. The number of carbonyl (C=O) groups excluding carboxylic acids is 1. The second kappa shape index (κ2) is 5.83. The molecule has 0 spiro atoms. The smallest absolute Gasteiger partial charge is 0.350 e. The van der Waals surface area contributed by atoms with Gasteiger partial charge in [-0.05, 0) is 39.0 Å². The summed E-state index contributed by atoms with van der Waals surface area (Å²) < 4.78 is 9.58. The molecule has 0 aliphatic heterocycles. The summed E-state index contributed by atoms with van der Waals surface area (Å²) in [5, 5.41) is 8.22. The molecule has 0 saturated heterocycles. The van der Waals surface area contributed by atoms with Crippen molar-refractivity contribution in [2.24, 2.45) is 0 Å². The zero-order valence-electron chi connectivity index (χ0n) is 14.6. The van der Waals surface area contributed by atoms with E-state index in [0.717, 1.165) is 11.4 Å². The monoisotopic (exact) mass is 351 g/mol. The molecule has 4 aromatic rings. The summed E-state index contributed by atoms with van der Waals surface area (Å²) in [6, 6.07) is 8.86. The molecular weight excluding hydrogens is 334 g/mol. The van der Waals surface area contributed by atoms with Crippen LogP contribution in [-0.2, 0) is 6.54 Å². The molecule has 0 aromatic carbocycles. The van der Waals surface area contributed by atoms with Crippen LogP contribution in [-0.4, -0.2) is 29.7 Å². The van der Waals surface area contributed by atoms with Gasteiger partial charge >= 0.3 is 5.69 Å². The van der Waals surface area contributed by atoms with E-state index in [0.29, 0.717) is 22.8 Å². The molecule has 4 heterocycles. The minimum Gasteiger partial charge on any atom is -0.360 e. The minimum atomic E-state index is -0.338. The van der Waals surface area contributed by atoms with E-state index >= 15 is 0 Å². The third-order valence-electron chi connectivity index (χ3n) is 4.36. The van der Waals surface area contributed by atoms with Gasteiger partial charge < -0.3 is 4.52 Å². The number of hydrogen-bond acceptors (Lipinski definition) is 5. The molecule has 8 heteroatoms. The Bertz CT molecular complexity index is 1190. The van der Waals surface area contributed by atoms with Crippen molar-refractivity contribution in [3.63, 3.8) is 0 Å². The van der Waals surface area contributed by atoms with Crippen molar-refractivity contribution in [3.05, 3.63) is 69.7 Å². The number of nitrogens with zero attached hydrogens (tertiary/aromatic N) is 5. The van der Waals surface area contributed by atoms with Gasteiger partial charge in [0.15, 0.2) is 17.2 Å². The van der Waals surface area contributed by atoms with Crippen LogP contribution in [0.3, 0.4) is 0 Å². The highest BCUT2D eigenvalue weighted by atomic mass is 16.5. The van der Waals surface area contributed by atoms with Gasteiger partial charge in [-0.1, -0.05) is 11.2 Å². The number of ketones is 1. The van der Waals surface area contributed by atoms with E-state index in [1.807, 2.05) is 25.3 Å². The van der Waals surface area contributed by atoms with Crippen molar-refractivity contribution in [2.45, 2.75) is 27.3 Å². The highest BCUT2D eigenvalue weighted by Crippen LogP contribution is 2.21. The lowest BCUT2D eigenvalue weighted by Gasteiger charge is -2.05. The van der Waals surface area contributed by atoms with Crippen molar-refractivity contribution >= 4 is 11.4 Å². The van der Waals surface area contributed by atoms with Gasteiger partial charge in [-0.3, -0.25) is 13.8 Å². The van der Waals surface area contributed by atoms with E-state index in [1.165, 1.54) is 9.08 Å². The van der Waals surface area contributed by atoms with Crippen LogP contribution < -0.4 is 5.69 Å². The lowest BCUT2D eigenvalue weighted by molar-refractivity contribution is 0.0965. The predicted octanol–water partition coefficient (Wildman–Crippen LogP) is 2.08. The van der Waals surface area contributed by atoms with Crippen LogP contribution in [0, 0.1) is 20.8 Å². The molecule has 0 saturated carbocycles. The summed E-state index contributed by atoms with van der Waals surface area (Å²) in [4.78, 5) is 25.2. The summed E-state index contributed by atoms with van der Waals surface area (Å²) >= 11 is 0. The van der Waals surface area contributed by atoms with Gasteiger partial charge in [0.1, 0.15) is 12.3 Å². The van der Waals surface area contributed by atoms with Gasteiger partial charge in [-0.25, -0.2) is 9.48 Å². The Morgan fingerprint density at radius 1 is 1.19 bits per heavy atom. The number of fused-ring (bicyclic) bond motifs is 1. The normalized spacial score (nSPS) is 11.3. The fourth-order valence-corrected chi connectivity index (χ4v) is 3.15. The molecule has 0 N–H and O–H groups in total. The second-order valence-corrected chi connectivity index (χ2v) is 6.21. The largest absolute Gasteiger partial charge is 0.360 e. The first-order valence-corrected chi connectivity index (χ1v) is 8.16. The van der Waals surface area contributed by atoms with Gasteiger partial charge in [0.05, 0.1) is 0 Å². The zero-order chi connectivity index (χ0) is 18.4. The van der Waals surface area contributed by atoms with Crippen molar-refractivity contribution < 1.29 is 9.32 Å². The molecule has 0 aliphatic carbocycles. The quantitative estimate of drug-likeness (QED) is 0.525. The molecule has 26 heavy (non-hydrogen) atoms. The summed E-state index contributed by atoms with van der Waals surface area (Å²) in [6.45, 7) is 5.43. The number of carbonyl (C=O) groups is 1. The summed E-state index contributed by atoms with van der Waals surface area (Å²) in [6.07, 6.45) is 1.63. The maximum absolute atomic E-state index is 12.8. The van der Waals surface area contributed by atoms with Gasteiger partial charge in [-0.15, -0.1) is 5.10 Å².